The van der Waals surface area contributed by atoms with Crippen molar-refractivity contribution in [2.45, 2.75) is 5.60 Å². The Morgan fingerprint density at radius 1 is 1.05 bits per heavy atom. The van der Waals surface area contributed by atoms with E-state index in [1.807, 2.05) is 31.1 Å². The second-order valence-corrected chi connectivity index (χ2v) is 4.89. The van der Waals surface area contributed by atoms with Crippen LogP contribution in [0.4, 0.5) is 5.69 Å². The van der Waals surface area contributed by atoms with Gasteiger partial charge in [-0.05, 0) is 23.3 Å². The Balaban J connectivity index is 2.60. The van der Waals surface area contributed by atoms with Gasteiger partial charge in [-0.25, -0.2) is 0 Å². The maximum Gasteiger partial charge on any atom is 0.258 e. The first kappa shape index (κ1) is 14.1. The van der Waals surface area contributed by atoms with Gasteiger partial charge in [-0.2, -0.15) is 0 Å². The lowest BCUT2D eigenvalue weighted by atomic mass is 9.85. The summed E-state index contributed by atoms with van der Waals surface area (Å²) < 4.78 is 0. The average molecular weight is 270 g/mol. The topological polar surface area (TPSA) is 66.6 Å². The van der Waals surface area contributed by atoms with Crippen molar-refractivity contribution in [3.63, 3.8) is 0 Å². The third-order valence-electron chi connectivity index (χ3n) is 3.33. The van der Waals surface area contributed by atoms with E-state index in [1.54, 1.807) is 42.5 Å². The van der Waals surface area contributed by atoms with Crippen LogP contribution in [0, 0.1) is 0 Å². The molecule has 104 valence electrons. The van der Waals surface area contributed by atoms with Crippen LogP contribution in [0.15, 0.2) is 54.6 Å². The molecule has 3 N–H and O–H groups in total. The van der Waals surface area contributed by atoms with Crippen LogP contribution in [-0.4, -0.2) is 25.1 Å². The van der Waals surface area contributed by atoms with Crippen LogP contribution >= 0.6 is 0 Å². The van der Waals surface area contributed by atoms with E-state index in [0.717, 1.165) is 5.69 Å². The van der Waals surface area contributed by atoms with Crippen molar-refractivity contribution in [1.29, 1.82) is 0 Å². The molecule has 20 heavy (non-hydrogen) atoms. The third-order valence-corrected chi connectivity index (χ3v) is 3.33. The van der Waals surface area contributed by atoms with Gasteiger partial charge in [-0.1, -0.05) is 42.5 Å². The van der Waals surface area contributed by atoms with Gasteiger partial charge in [0.15, 0.2) is 5.60 Å². The first-order valence-electron chi connectivity index (χ1n) is 6.32. The summed E-state index contributed by atoms with van der Waals surface area (Å²) in [6.45, 7) is 0. The second-order valence-electron chi connectivity index (χ2n) is 4.89. The number of hydrogen-bond acceptors (Lipinski definition) is 3. The summed E-state index contributed by atoms with van der Waals surface area (Å²) in [5, 5.41) is 10.8. The molecule has 0 fully saturated rings. The monoisotopic (exact) mass is 270 g/mol. The number of amides is 1. The molecule has 0 bridgehead atoms. The smallest absolute Gasteiger partial charge is 0.258 e. The van der Waals surface area contributed by atoms with Gasteiger partial charge in [-0.15, -0.1) is 0 Å². The highest BCUT2D eigenvalue weighted by molar-refractivity contribution is 5.89. The highest BCUT2D eigenvalue weighted by atomic mass is 16.3. The minimum Gasteiger partial charge on any atom is -0.378 e. The zero-order chi connectivity index (χ0) is 14.8. The Labute approximate surface area is 118 Å². The predicted molar refractivity (Wildman–Crippen MR) is 79.4 cm³/mol. The molecule has 0 aromatic heterocycles. The largest absolute Gasteiger partial charge is 0.378 e. The molecule has 0 saturated carbocycles. The minimum absolute atomic E-state index is 0.461. The van der Waals surface area contributed by atoms with E-state index in [4.69, 9.17) is 5.73 Å². The molecule has 1 atom stereocenters. The normalized spacial score (nSPS) is 13.6. The summed E-state index contributed by atoms with van der Waals surface area (Å²) in [4.78, 5) is 13.8. The minimum atomic E-state index is -1.83. The van der Waals surface area contributed by atoms with Gasteiger partial charge in [0.05, 0.1) is 0 Å². The molecular formula is C16H18N2O2. The van der Waals surface area contributed by atoms with E-state index in [9.17, 15) is 9.90 Å². The predicted octanol–water partition coefficient (Wildman–Crippen LogP) is 1.47. The molecule has 4 nitrogen and oxygen atoms in total. The van der Waals surface area contributed by atoms with Crippen LogP contribution < -0.4 is 10.6 Å². The van der Waals surface area contributed by atoms with Gasteiger partial charge in [-0.3, -0.25) is 4.79 Å². The zero-order valence-corrected chi connectivity index (χ0v) is 11.6. The van der Waals surface area contributed by atoms with Crippen molar-refractivity contribution in [2.75, 3.05) is 19.0 Å². The van der Waals surface area contributed by atoms with Crippen molar-refractivity contribution in [3.05, 3.63) is 65.7 Å². The molecule has 0 aliphatic heterocycles. The molecule has 0 aliphatic rings. The van der Waals surface area contributed by atoms with Gasteiger partial charge in [0.1, 0.15) is 0 Å². The molecule has 1 amide bonds. The van der Waals surface area contributed by atoms with E-state index in [-0.39, 0.29) is 0 Å². The first-order chi connectivity index (χ1) is 9.46. The highest BCUT2D eigenvalue weighted by Gasteiger charge is 2.38. The molecule has 2 rings (SSSR count). The number of carbonyl (C=O) groups excluding carboxylic acids is 1. The number of carbonyl (C=O) groups is 1. The van der Waals surface area contributed by atoms with Crippen molar-refractivity contribution < 1.29 is 9.90 Å². The van der Waals surface area contributed by atoms with E-state index < -0.39 is 11.5 Å². The van der Waals surface area contributed by atoms with E-state index in [1.165, 1.54) is 0 Å². The SMILES string of the molecule is CN(C)c1cccc(C(O)(C(N)=O)c2ccccc2)c1. The van der Waals surface area contributed by atoms with Crippen molar-refractivity contribution >= 4 is 11.6 Å². The number of primary amides is 1. The van der Waals surface area contributed by atoms with Gasteiger partial charge < -0.3 is 15.7 Å². The Hall–Kier alpha value is -2.33. The number of benzene rings is 2. The lowest BCUT2D eigenvalue weighted by molar-refractivity contribution is -0.133. The zero-order valence-electron chi connectivity index (χ0n) is 11.6. The van der Waals surface area contributed by atoms with E-state index in [0.29, 0.717) is 11.1 Å². The molecule has 4 heteroatoms. The summed E-state index contributed by atoms with van der Waals surface area (Å²) in [6.07, 6.45) is 0. The maximum absolute atomic E-state index is 11.9. The summed E-state index contributed by atoms with van der Waals surface area (Å²) in [5.41, 5.74) is 5.44. The summed E-state index contributed by atoms with van der Waals surface area (Å²) in [5.74, 6) is -0.792. The quantitative estimate of drug-likeness (QED) is 0.884. The molecule has 2 aromatic rings. The van der Waals surface area contributed by atoms with Crippen LogP contribution in [0.25, 0.3) is 0 Å². The second kappa shape index (κ2) is 5.35. The fraction of sp³-hybridized carbons (Fsp3) is 0.188. The number of nitrogens with zero attached hydrogens (tertiary/aromatic N) is 1. The molecule has 0 radical (unpaired) electrons. The number of hydrogen-bond donors (Lipinski definition) is 2. The molecule has 0 heterocycles. The number of aliphatic hydroxyl groups is 1. The Morgan fingerprint density at radius 3 is 2.20 bits per heavy atom. The lowest BCUT2D eigenvalue weighted by Gasteiger charge is -2.27. The van der Waals surface area contributed by atoms with E-state index in [2.05, 4.69) is 0 Å². The van der Waals surface area contributed by atoms with Gasteiger partial charge in [0.25, 0.3) is 5.91 Å². The molecule has 2 aromatic carbocycles. The van der Waals surface area contributed by atoms with Gasteiger partial charge in [0, 0.05) is 19.8 Å². The Bertz CT molecular complexity index is 611. The van der Waals surface area contributed by atoms with Gasteiger partial charge in [0.2, 0.25) is 0 Å². The van der Waals surface area contributed by atoms with E-state index >= 15 is 0 Å². The van der Waals surface area contributed by atoms with Crippen LogP contribution in [0.5, 0.6) is 0 Å². The van der Waals surface area contributed by atoms with Gasteiger partial charge >= 0.3 is 0 Å². The summed E-state index contributed by atoms with van der Waals surface area (Å²) in [6, 6.07) is 15.9. The molecule has 1 unspecified atom stereocenters. The fourth-order valence-electron chi connectivity index (χ4n) is 2.14. The van der Waals surface area contributed by atoms with Crippen molar-refractivity contribution in [3.8, 4) is 0 Å². The fourth-order valence-corrected chi connectivity index (χ4v) is 2.14. The standard InChI is InChI=1S/C16H18N2O2/c1-18(2)14-10-6-9-13(11-14)16(20,15(17)19)12-7-4-3-5-8-12/h3-11,20H,1-2H3,(H2,17,19). The molecular weight excluding hydrogens is 252 g/mol. The van der Waals surface area contributed by atoms with Crippen LogP contribution in [-0.2, 0) is 10.4 Å². The number of rotatable bonds is 4. The number of nitrogens with two attached hydrogens (primary N) is 1. The lowest BCUT2D eigenvalue weighted by Crippen LogP contribution is -2.42. The highest BCUT2D eigenvalue weighted by Crippen LogP contribution is 2.31. The van der Waals surface area contributed by atoms with Crippen LogP contribution in [0.3, 0.4) is 0 Å². The third kappa shape index (κ3) is 2.38. The first-order valence-corrected chi connectivity index (χ1v) is 6.32. The van der Waals surface area contributed by atoms with Crippen molar-refractivity contribution in [2.24, 2.45) is 5.73 Å². The summed E-state index contributed by atoms with van der Waals surface area (Å²) in [7, 11) is 3.79. The Kier molecular flexibility index (Phi) is 3.77. The van der Waals surface area contributed by atoms with Crippen molar-refractivity contribution in [1.82, 2.24) is 0 Å². The van der Waals surface area contributed by atoms with Crippen LogP contribution in [0.2, 0.25) is 0 Å². The molecule has 0 aliphatic carbocycles. The maximum atomic E-state index is 11.9. The molecule has 0 saturated heterocycles. The average Bonchev–Trinajstić information content (AvgIpc) is 2.47. The number of anilines is 1. The van der Waals surface area contributed by atoms with Crippen LogP contribution in [0.1, 0.15) is 11.1 Å². The molecule has 0 spiro atoms. The summed E-state index contributed by atoms with van der Waals surface area (Å²) >= 11 is 0. The Morgan fingerprint density at radius 2 is 1.65 bits per heavy atom.